The Morgan fingerprint density at radius 3 is 2.86 bits per heavy atom. The predicted molar refractivity (Wildman–Crippen MR) is 109 cm³/mol. The zero-order chi connectivity index (χ0) is 19.9. The van der Waals surface area contributed by atoms with E-state index in [0.717, 1.165) is 35.6 Å². The second-order valence-electron chi connectivity index (χ2n) is 7.97. The van der Waals surface area contributed by atoms with Gasteiger partial charge in [0.05, 0.1) is 11.4 Å². The van der Waals surface area contributed by atoms with Gasteiger partial charge in [-0.3, -0.25) is 9.89 Å². The lowest BCUT2D eigenvalue weighted by atomic mass is 9.92. The number of nitrogens with zero attached hydrogens (tertiary/aromatic N) is 3. The van der Waals surface area contributed by atoms with E-state index in [1.807, 2.05) is 24.3 Å². The maximum atomic E-state index is 13.0. The van der Waals surface area contributed by atoms with Gasteiger partial charge < -0.3 is 10.6 Å². The van der Waals surface area contributed by atoms with Crippen molar-refractivity contribution in [3.05, 3.63) is 58.0 Å². The third-order valence-electron chi connectivity index (χ3n) is 4.79. The summed E-state index contributed by atoms with van der Waals surface area (Å²) in [4.78, 5) is 13.0. The van der Waals surface area contributed by atoms with Crippen LogP contribution in [-0.2, 0) is 18.4 Å². The molecule has 1 aromatic carbocycles. The number of halogens is 1. The van der Waals surface area contributed by atoms with E-state index in [1.165, 1.54) is 0 Å². The molecule has 28 heavy (non-hydrogen) atoms. The lowest BCUT2D eigenvalue weighted by Gasteiger charge is -2.14. The summed E-state index contributed by atoms with van der Waals surface area (Å²) in [6.45, 7) is 7.76. The minimum atomic E-state index is -0.259. The minimum absolute atomic E-state index is 0.168. The highest BCUT2D eigenvalue weighted by molar-refractivity contribution is 6.30. The van der Waals surface area contributed by atoms with Gasteiger partial charge in [-0.2, -0.15) is 10.2 Å². The van der Waals surface area contributed by atoms with Crippen molar-refractivity contribution in [2.75, 3.05) is 11.9 Å². The standard InChI is InChI=1S/C20H23ClN6O/c1-20(2,3)16-10-17(27(26-16)13-6-4-5-12(21)9-13)23-19(28)18-14-11-22-8-7-15(14)24-25-18/h4-6,9-10,22H,7-8,11H2,1-3H3,(H,23,28)(H,24,25). The molecule has 4 rings (SSSR count). The van der Waals surface area contributed by atoms with Crippen LogP contribution in [-0.4, -0.2) is 32.4 Å². The first-order valence-electron chi connectivity index (χ1n) is 9.27. The lowest BCUT2D eigenvalue weighted by Crippen LogP contribution is -2.25. The summed E-state index contributed by atoms with van der Waals surface area (Å²) in [6, 6.07) is 9.28. The summed E-state index contributed by atoms with van der Waals surface area (Å²) in [5.74, 6) is 0.322. The van der Waals surface area contributed by atoms with Gasteiger partial charge in [-0.15, -0.1) is 0 Å². The second kappa shape index (κ2) is 7.07. The summed E-state index contributed by atoms with van der Waals surface area (Å²) in [5, 5.41) is 18.8. The minimum Gasteiger partial charge on any atom is -0.312 e. The average Bonchev–Trinajstić information content (AvgIpc) is 3.25. The van der Waals surface area contributed by atoms with Crippen LogP contribution < -0.4 is 10.6 Å². The van der Waals surface area contributed by atoms with Gasteiger partial charge in [-0.05, 0) is 18.2 Å². The molecule has 8 heteroatoms. The van der Waals surface area contributed by atoms with Crippen LogP contribution in [0.25, 0.3) is 5.69 Å². The van der Waals surface area contributed by atoms with Crippen molar-refractivity contribution in [2.45, 2.75) is 39.2 Å². The topological polar surface area (TPSA) is 87.6 Å². The number of aromatic nitrogens is 4. The second-order valence-corrected chi connectivity index (χ2v) is 8.40. The predicted octanol–water partition coefficient (Wildman–Crippen LogP) is 3.44. The number of benzene rings is 1. The SMILES string of the molecule is CC(C)(C)c1cc(NC(=O)c2n[nH]c3c2CNCC3)n(-c2cccc(Cl)c2)n1. The Hall–Kier alpha value is -2.64. The molecule has 0 saturated carbocycles. The van der Waals surface area contributed by atoms with Crippen molar-refractivity contribution in [2.24, 2.45) is 0 Å². The normalized spacial score (nSPS) is 14.0. The number of rotatable bonds is 3. The van der Waals surface area contributed by atoms with Crippen molar-refractivity contribution < 1.29 is 4.79 Å². The summed E-state index contributed by atoms with van der Waals surface area (Å²) in [6.07, 6.45) is 0.838. The molecule has 7 nitrogen and oxygen atoms in total. The van der Waals surface area contributed by atoms with Crippen molar-refractivity contribution in [1.29, 1.82) is 0 Å². The zero-order valence-corrected chi connectivity index (χ0v) is 16.9. The summed E-state index contributed by atoms with van der Waals surface area (Å²) in [5.41, 5.74) is 3.84. The summed E-state index contributed by atoms with van der Waals surface area (Å²) in [7, 11) is 0. The fraction of sp³-hybridized carbons (Fsp3) is 0.350. The summed E-state index contributed by atoms with van der Waals surface area (Å²) < 4.78 is 1.71. The van der Waals surface area contributed by atoms with Crippen LogP contribution in [0.4, 0.5) is 5.82 Å². The molecule has 1 aliphatic heterocycles. The Morgan fingerprint density at radius 2 is 2.11 bits per heavy atom. The number of hydrogen-bond acceptors (Lipinski definition) is 4. The maximum absolute atomic E-state index is 13.0. The number of H-pyrrole nitrogens is 1. The molecular weight excluding hydrogens is 376 g/mol. The fourth-order valence-corrected chi connectivity index (χ4v) is 3.41. The molecule has 2 aromatic heterocycles. The molecule has 1 aliphatic rings. The van der Waals surface area contributed by atoms with Gasteiger partial charge in [0.2, 0.25) is 0 Å². The fourth-order valence-electron chi connectivity index (χ4n) is 3.23. The molecular formula is C20H23ClN6O. The van der Waals surface area contributed by atoms with Crippen LogP contribution in [0.3, 0.4) is 0 Å². The molecule has 0 atom stereocenters. The third-order valence-corrected chi connectivity index (χ3v) is 5.03. The maximum Gasteiger partial charge on any atom is 0.277 e. The Balaban J connectivity index is 1.71. The van der Waals surface area contributed by atoms with Crippen LogP contribution in [0.1, 0.15) is 48.2 Å². The smallest absolute Gasteiger partial charge is 0.277 e. The van der Waals surface area contributed by atoms with Crippen LogP contribution in [0.2, 0.25) is 5.02 Å². The number of anilines is 1. The first kappa shape index (κ1) is 18.7. The Kier molecular flexibility index (Phi) is 4.72. The van der Waals surface area contributed by atoms with E-state index >= 15 is 0 Å². The zero-order valence-electron chi connectivity index (χ0n) is 16.1. The van der Waals surface area contributed by atoms with Crippen molar-refractivity contribution in [3.63, 3.8) is 0 Å². The molecule has 0 spiro atoms. The molecule has 0 radical (unpaired) electrons. The molecule has 3 aromatic rings. The molecule has 0 bridgehead atoms. The van der Waals surface area contributed by atoms with Gasteiger partial charge in [-0.1, -0.05) is 38.4 Å². The molecule has 146 valence electrons. The van der Waals surface area contributed by atoms with Gasteiger partial charge in [-0.25, -0.2) is 4.68 Å². The van der Waals surface area contributed by atoms with Crippen LogP contribution in [0.5, 0.6) is 0 Å². The van der Waals surface area contributed by atoms with Crippen LogP contribution in [0, 0.1) is 0 Å². The molecule has 0 aliphatic carbocycles. The highest BCUT2D eigenvalue weighted by Crippen LogP contribution is 2.28. The molecule has 0 unspecified atom stereocenters. The van der Waals surface area contributed by atoms with Crippen LogP contribution in [0.15, 0.2) is 30.3 Å². The Morgan fingerprint density at radius 1 is 1.29 bits per heavy atom. The number of aromatic amines is 1. The van der Waals surface area contributed by atoms with E-state index < -0.39 is 0 Å². The number of carbonyl (C=O) groups excluding carboxylic acids is 1. The van der Waals surface area contributed by atoms with E-state index in [9.17, 15) is 4.79 Å². The van der Waals surface area contributed by atoms with E-state index in [0.29, 0.717) is 23.1 Å². The lowest BCUT2D eigenvalue weighted by molar-refractivity contribution is 0.102. The van der Waals surface area contributed by atoms with Crippen molar-refractivity contribution >= 4 is 23.3 Å². The van der Waals surface area contributed by atoms with E-state index in [-0.39, 0.29) is 11.3 Å². The molecule has 3 N–H and O–H groups in total. The van der Waals surface area contributed by atoms with Crippen molar-refractivity contribution in [3.8, 4) is 5.69 Å². The van der Waals surface area contributed by atoms with Crippen LogP contribution >= 0.6 is 11.6 Å². The third kappa shape index (κ3) is 3.55. The highest BCUT2D eigenvalue weighted by Gasteiger charge is 2.25. The highest BCUT2D eigenvalue weighted by atomic mass is 35.5. The van der Waals surface area contributed by atoms with Gasteiger partial charge in [0.25, 0.3) is 5.91 Å². The monoisotopic (exact) mass is 398 g/mol. The molecule has 1 amide bonds. The molecule has 0 fully saturated rings. The van der Waals surface area contributed by atoms with Gasteiger partial charge in [0, 0.05) is 47.3 Å². The Bertz CT molecular complexity index is 1030. The van der Waals surface area contributed by atoms with Gasteiger partial charge >= 0.3 is 0 Å². The number of amides is 1. The van der Waals surface area contributed by atoms with Gasteiger partial charge in [0.1, 0.15) is 5.82 Å². The average molecular weight is 399 g/mol. The number of nitrogens with one attached hydrogen (secondary N) is 3. The molecule has 3 heterocycles. The first-order valence-corrected chi connectivity index (χ1v) is 9.65. The van der Waals surface area contributed by atoms with E-state index in [4.69, 9.17) is 16.7 Å². The number of fused-ring (bicyclic) bond motifs is 1. The Labute approximate surface area is 168 Å². The largest absolute Gasteiger partial charge is 0.312 e. The van der Waals surface area contributed by atoms with Crippen molar-refractivity contribution in [1.82, 2.24) is 25.3 Å². The first-order chi connectivity index (χ1) is 13.3. The summed E-state index contributed by atoms with van der Waals surface area (Å²) >= 11 is 6.16. The van der Waals surface area contributed by atoms with E-state index in [1.54, 1.807) is 10.7 Å². The molecule has 0 saturated heterocycles. The van der Waals surface area contributed by atoms with E-state index in [2.05, 4.69) is 41.6 Å². The quantitative estimate of drug-likeness (QED) is 0.630. The number of carbonyl (C=O) groups is 1. The van der Waals surface area contributed by atoms with Gasteiger partial charge in [0.15, 0.2) is 5.69 Å². The number of hydrogen-bond donors (Lipinski definition) is 3.